The molecule has 36 heavy (non-hydrogen) atoms. The van der Waals surface area contributed by atoms with Gasteiger partial charge in [0.2, 0.25) is 0 Å². The maximum Gasteiger partial charge on any atom is 0.125 e. The van der Waals surface area contributed by atoms with E-state index < -0.39 is 0 Å². The van der Waals surface area contributed by atoms with Gasteiger partial charge in [-0.25, -0.2) is 29.9 Å². The summed E-state index contributed by atoms with van der Waals surface area (Å²) in [6.45, 7) is 29.8. The molecule has 0 aliphatic heterocycles. The van der Waals surface area contributed by atoms with Crippen LogP contribution in [0.15, 0.2) is 55.8 Å². The van der Waals surface area contributed by atoms with Crippen molar-refractivity contribution in [3.05, 3.63) is 72.9 Å². The molecule has 0 saturated heterocycles. The Morgan fingerprint density at radius 2 is 0.861 bits per heavy atom. The van der Waals surface area contributed by atoms with E-state index in [1.54, 1.807) is 37.1 Å². The second-order valence-electron chi connectivity index (χ2n) is 4.06. The van der Waals surface area contributed by atoms with Gasteiger partial charge in [-0.2, -0.15) is 0 Å². The van der Waals surface area contributed by atoms with Gasteiger partial charge in [-0.05, 0) is 38.5 Å². The lowest BCUT2D eigenvalue weighted by atomic mass is 10.4. The van der Waals surface area contributed by atoms with Crippen LogP contribution < -0.4 is 0 Å². The fraction of sp³-hybridized carbons (Fsp3) is 0.600. The molecule has 3 aromatic heterocycles. The number of hydrogen-bond acceptors (Lipinski definition) is 6. The van der Waals surface area contributed by atoms with Crippen LogP contribution in [0.25, 0.3) is 0 Å². The van der Waals surface area contributed by atoms with Crippen molar-refractivity contribution >= 4 is 0 Å². The molecular formula is C30H66N6. The van der Waals surface area contributed by atoms with Gasteiger partial charge in [-0.15, -0.1) is 0 Å². The highest BCUT2D eigenvalue weighted by Gasteiger charge is 1.75. The van der Waals surface area contributed by atoms with Crippen LogP contribution >= 0.6 is 0 Å². The lowest BCUT2D eigenvalue weighted by Gasteiger charge is -1.81. The van der Waals surface area contributed by atoms with Crippen LogP contribution in [-0.2, 0) is 0 Å². The molecule has 0 unspecified atom stereocenters. The quantitative estimate of drug-likeness (QED) is 0.299. The van der Waals surface area contributed by atoms with Crippen molar-refractivity contribution in [2.24, 2.45) is 0 Å². The number of nitrogens with zero attached hydrogens (tertiary/aromatic N) is 6. The summed E-state index contributed by atoms with van der Waals surface area (Å²) in [6.07, 6.45) is 11.8. The highest BCUT2D eigenvalue weighted by atomic mass is 14.8. The predicted octanol–water partition coefficient (Wildman–Crippen LogP) is 10.4. The maximum absolute atomic E-state index is 3.87. The van der Waals surface area contributed by atoms with Crippen molar-refractivity contribution in [1.82, 2.24) is 29.9 Å². The summed E-state index contributed by atoms with van der Waals surface area (Å²) in [4.78, 5) is 22.9. The van der Waals surface area contributed by atoms with Gasteiger partial charge in [0.05, 0.1) is 0 Å². The van der Waals surface area contributed by atoms with Gasteiger partial charge >= 0.3 is 0 Å². The molecule has 0 fully saturated rings. The summed E-state index contributed by atoms with van der Waals surface area (Å²) in [7, 11) is 0. The molecular weight excluding hydrogens is 444 g/mol. The molecule has 0 aliphatic rings. The highest BCUT2D eigenvalue weighted by Crippen LogP contribution is 1.84. The normalized spacial score (nSPS) is 6.08. The third-order valence-electron chi connectivity index (χ3n) is 2.11. The fourth-order valence-corrected chi connectivity index (χ4v) is 1.10. The van der Waals surface area contributed by atoms with Crippen molar-refractivity contribution in [1.29, 1.82) is 0 Å². The summed E-state index contributed by atoms with van der Waals surface area (Å²) in [5.74, 6) is 0.822. The minimum Gasteiger partial charge on any atom is -0.245 e. The summed E-state index contributed by atoms with van der Waals surface area (Å²) < 4.78 is 0. The first-order valence-electron chi connectivity index (χ1n) is 12.4. The van der Waals surface area contributed by atoms with Gasteiger partial charge in [0.25, 0.3) is 0 Å². The summed E-state index contributed by atoms with van der Waals surface area (Å²) in [5.41, 5.74) is 2.11. The van der Waals surface area contributed by atoms with E-state index in [9.17, 15) is 0 Å². The van der Waals surface area contributed by atoms with Gasteiger partial charge in [-0.3, -0.25) is 0 Å². The van der Waals surface area contributed by atoms with E-state index in [0.717, 1.165) is 17.1 Å². The van der Waals surface area contributed by atoms with Crippen LogP contribution in [-0.4, -0.2) is 29.9 Å². The second kappa shape index (κ2) is 69.7. The molecule has 3 rings (SSSR count). The van der Waals surface area contributed by atoms with E-state index >= 15 is 0 Å². The monoisotopic (exact) mass is 511 g/mol. The van der Waals surface area contributed by atoms with Gasteiger partial charge in [0, 0.05) is 36.7 Å². The molecule has 216 valence electrons. The van der Waals surface area contributed by atoms with Gasteiger partial charge in [0.1, 0.15) is 18.5 Å². The van der Waals surface area contributed by atoms with Crippen LogP contribution in [0.5, 0.6) is 0 Å². The van der Waals surface area contributed by atoms with E-state index in [2.05, 4.69) is 29.9 Å². The Hall–Kier alpha value is -2.76. The Bertz CT molecular complexity index is 502. The fourth-order valence-electron chi connectivity index (χ4n) is 1.10. The van der Waals surface area contributed by atoms with Crippen LogP contribution in [0.3, 0.4) is 0 Å². The zero-order valence-corrected chi connectivity index (χ0v) is 24.4. The molecule has 0 spiro atoms. The Morgan fingerprint density at radius 3 is 1.03 bits per heavy atom. The molecule has 6 heteroatoms. The zero-order valence-electron chi connectivity index (χ0n) is 24.4. The minimum absolute atomic E-state index is 0. The summed E-state index contributed by atoms with van der Waals surface area (Å²) in [5, 5.41) is 0. The van der Waals surface area contributed by atoms with Crippen molar-refractivity contribution < 1.29 is 0 Å². The van der Waals surface area contributed by atoms with Crippen molar-refractivity contribution in [3.8, 4) is 0 Å². The molecule has 0 amide bonds. The van der Waals surface area contributed by atoms with Crippen LogP contribution in [0.4, 0.5) is 0 Å². The summed E-state index contributed by atoms with van der Waals surface area (Å²) in [6, 6.07) is 3.66. The topological polar surface area (TPSA) is 77.3 Å². The Balaban J connectivity index is -0.0000000347. The van der Waals surface area contributed by atoms with E-state index in [4.69, 9.17) is 0 Å². The first kappa shape index (κ1) is 58.8. The van der Waals surface area contributed by atoms with E-state index in [1.165, 1.54) is 12.7 Å². The van der Waals surface area contributed by atoms with Crippen molar-refractivity contribution in [3.63, 3.8) is 0 Å². The molecule has 6 nitrogen and oxygen atoms in total. The van der Waals surface area contributed by atoms with Crippen LogP contribution in [0, 0.1) is 20.8 Å². The lowest BCUT2D eigenvalue weighted by molar-refractivity contribution is 1.05. The van der Waals surface area contributed by atoms with Gasteiger partial charge in [0.15, 0.2) is 0 Å². The Kier molecular flexibility index (Phi) is 114. The third-order valence-corrected chi connectivity index (χ3v) is 2.11. The van der Waals surface area contributed by atoms with Crippen molar-refractivity contribution in [2.75, 3.05) is 0 Å². The molecule has 0 N–H and O–H groups in total. The highest BCUT2D eigenvalue weighted by molar-refractivity contribution is 4.97. The number of rotatable bonds is 0. The number of aromatic nitrogens is 6. The van der Waals surface area contributed by atoms with Crippen LogP contribution in [0.2, 0.25) is 0 Å². The SMILES string of the molecule is C.C.C.CC.CC.CC.CC.CC.CC.Cc1ccncn1.Cc1cncnc1.Cc1ncccn1. The molecule has 0 aliphatic carbocycles. The molecule has 0 atom stereocenters. The van der Waals surface area contributed by atoms with E-state index in [1.807, 2.05) is 110 Å². The maximum atomic E-state index is 3.87. The number of hydrogen-bond donors (Lipinski definition) is 0. The molecule has 3 heterocycles. The predicted molar refractivity (Wildman–Crippen MR) is 169 cm³/mol. The van der Waals surface area contributed by atoms with E-state index in [-0.39, 0.29) is 22.3 Å². The van der Waals surface area contributed by atoms with Crippen molar-refractivity contribution in [2.45, 2.75) is 126 Å². The van der Waals surface area contributed by atoms with Gasteiger partial charge < -0.3 is 0 Å². The first-order valence-corrected chi connectivity index (χ1v) is 12.4. The number of aryl methyl sites for hydroxylation is 3. The molecule has 0 saturated carbocycles. The molecule has 3 aromatic rings. The zero-order chi connectivity index (χ0) is 27.3. The Labute approximate surface area is 228 Å². The van der Waals surface area contributed by atoms with Gasteiger partial charge in [-0.1, -0.05) is 105 Å². The smallest absolute Gasteiger partial charge is 0.125 e. The molecule has 0 radical (unpaired) electrons. The first-order chi connectivity index (χ1) is 16.2. The molecule has 0 bridgehead atoms. The summed E-state index contributed by atoms with van der Waals surface area (Å²) >= 11 is 0. The van der Waals surface area contributed by atoms with Crippen LogP contribution in [0.1, 0.15) is 122 Å². The minimum atomic E-state index is 0. The third kappa shape index (κ3) is 63.3. The average Bonchev–Trinajstić information content (AvgIpc) is 2.93. The second-order valence-corrected chi connectivity index (χ2v) is 4.06. The largest absolute Gasteiger partial charge is 0.245 e. The standard InChI is InChI=1S/3C5H6N2.6C2H6.3CH4/c1-5-2-6-4-7-3-5;1-5-2-3-6-4-7-5;1-5-6-3-2-4-7-5;6*1-2;;;/h3*2-4H,1H3;6*1-2H3;3*1H4. The molecule has 0 aromatic carbocycles. The average molecular weight is 511 g/mol. The lowest BCUT2D eigenvalue weighted by Crippen LogP contribution is -1.80. The van der Waals surface area contributed by atoms with E-state index in [0.29, 0.717) is 0 Å². The Morgan fingerprint density at radius 1 is 0.472 bits per heavy atom.